The minimum absolute atomic E-state index is 0.294. The highest BCUT2D eigenvalue weighted by molar-refractivity contribution is 7.00. The Morgan fingerprint density at radius 3 is 1.72 bits per heavy atom. The molecular weight excluding hydrogens is 645 g/mol. The number of fused-ring (bicyclic) bond motifs is 4. The third-order valence-corrected chi connectivity index (χ3v) is 10.1. The van der Waals surface area contributed by atoms with E-state index in [1.165, 1.54) is 39.5 Å². The van der Waals surface area contributed by atoms with Crippen molar-refractivity contribution in [2.45, 2.75) is 32.1 Å². The average Bonchev–Trinajstić information content (AvgIpc) is 3.65. The van der Waals surface area contributed by atoms with Gasteiger partial charge in [-0.05, 0) is 71.7 Å². The summed E-state index contributed by atoms with van der Waals surface area (Å²) in [4.78, 5) is 0. The molecule has 9 heteroatoms. The quantitative estimate of drug-likeness (QED) is 0.0716. The van der Waals surface area contributed by atoms with Crippen LogP contribution in [0, 0.1) is 6.92 Å². The van der Waals surface area contributed by atoms with Crippen LogP contribution in [0.4, 0.5) is 0 Å². The highest BCUT2D eigenvalue weighted by Gasteiger charge is 2.43. The number of aryl methyl sites for hydroxylation is 1. The summed E-state index contributed by atoms with van der Waals surface area (Å²) < 4.78 is 35.6. The zero-order valence-electron chi connectivity index (χ0n) is 31.6. The lowest BCUT2D eigenvalue weighted by molar-refractivity contribution is -0.870. The molecule has 50 heavy (non-hydrogen) atoms. The molecule has 0 amide bonds. The summed E-state index contributed by atoms with van der Waals surface area (Å²) in [5.41, 5.74) is 11.5. The van der Waals surface area contributed by atoms with Crippen molar-refractivity contribution >= 4 is 28.8 Å². The predicted molar refractivity (Wildman–Crippen MR) is 207 cm³/mol. The summed E-state index contributed by atoms with van der Waals surface area (Å²) in [6.07, 6.45) is 5.96. The first-order chi connectivity index (χ1) is 23.9. The van der Waals surface area contributed by atoms with E-state index in [1.54, 1.807) is 0 Å². The van der Waals surface area contributed by atoms with E-state index in [2.05, 4.69) is 121 Å². The van der Waals surface area contributed by atoms with Crippen molar-refractivity contribution in [2.24, 2.45) is 0 Å². The number of nitrogens with zero attached hydrogens (tertiary/aromatic N) is 4. The van der Waals surface area contributed by atoms with Gasteiger partial charge in [-0.3, -0.25) is 0 Å². The normalized spacial score (nSPS) is 14.2. The van der Waals surface area contributed by atoms with Gasteiger partial charge in [-0.2, -0.15) is 8.75 Å². The standard InChI is InChI=1S/C41H58N4O4S/c1-9-10-32-12-15-35-36-16-13-33(34-14-11-31(2)39-40(34)43-50-42-39)30-38(36)41(37(35)29-32,17-21-46-25-27-48-23-19-44(3,4)5)18-22-47-26-28-49-24-20-45(6,7)8/h9-16,29-30H,17-28H2,1-8H3/q+2/b10-9+. The highest BCUT2D eigenvalue weighted by atomic mass is 32.1. The average molecular weight is 703 g/mol. The zero-order chi connectivity index (χ0) is 35.8. The smallest absolute Gasteiger partial charge is 0.112 e. The Bertz CT molecular complexity index is 1710. The van der Waals surface area contributed by atoms with Crippen LogP contribution in [0.2, 0.25) is 0 Å². The molecule has 1 heterocycles. The van der Waals surface area contributed by atoms with E-state index in [1.807, 2.05) is 0 Å². The molecule has 8 nitrogen and oxygen atoms in total. The van der Waals surface area contributed by atoms with Crippen LogP contribution in [0.15, 0.2) is 54.6 Å². The van der Waals surface area contributed by atoms with Gasteiger partial charge in [0.15, 0.2) is 0 Å². The molecule has 0 fully saturated rings. The molecule has 4 aromatic rings. The largest absolute Gasteiger partial charge is 0.379 e. The summed E-state index contributed by atoms with van der Waals surface area (Å²) in [5.74, 6) is 0. The molecule has 1 aliphatic carbocycles. The Balaban J connectivity index is 1.42. The van der Waals surface area contributed by atoms with Crippen LogP contribution in [0.5, 0.6) is 0 Å². The number of hydrogen-bond donors (Lipinski definition) is 0. The molecule has 0 unspecified atom stereocenters. The van der Waals surface area contributed by atoms with Gasteiger partial charge in [-0.1, -0.05) is 54.6 Å². The van der Waals surface area contributed by atoms with Gasteiger partial charge in [0, 0.05) is 24.2 Å². The minimum atomic E-state index is -0.294. The Kier molecular flexibility index (Phi) is 13.0. The molecule has 0 bridgehead atoms. The first-order valence-corrected chi connectivity index (χ1v) is 18.7. The molecule has 1 aromatic heterocycles. The van der Waals surface area contributed by atoms with E-state index < -0.39 is 0 Å². The second-order valence-electron chi connectivity index (χ2n) is 15.5. The molecule has 1 aliphatic rings. The maximum absolute atomic E-state index is 6.31. The lowest BCUT2D eigenvalue weighted by atomic mass is 9.72. The second kappa shape index (κ2) is 17.0. The molecule has 0 atom stereocenters. The molecule has 0 N–H and O–H groups in total. The van der Waals surface area contributed by atoms with Gasteiger partial charge in [-0.15, -0.1) is 0 Å². The Labute approximate surface area is 304 Å². The number of allylic oxidation sites excluding steroid dienone is 1. The number of ether oxygens (including phenoxy) is 4. The topological polar surface area (TPSA) is 62.7 Å². The fourth-order valence-corrected chi connectivity index (χ4v) is 7.30. The number of aromatic nitrogens is 2. The maximum atomic E-state index is 6.31. The number of likely N-dealkylation sites (N-methyl/N-ethyl adjacent to an activating group) is 2. The van der Waals surface area contributed by atoms with Crippen LogP contribution in [-0.2, 0) is 24.4 Å². The molecule has 0 saturated heterocycles. The van der Waals surface area contributed by atoms with Crippen LogP contribution in [0.1, 0.15) is 42.0 Å². The Morgan fingerprint density at radius 1 is 0.620 bits per heavy atom. The van der Waals surface area contributed by atoms with E-state index in [4.69, 9.17) is 23.3 Å². The highest BCUT2D eigenvalue weighted by Crippen LogP contribution is 2.54. The summed E-state index contributed by atoms with van der Waals surface area (Å²) in [6, 6.07) is 18.2. The Hall–Kier alpha value is -3.02. The molecule has 0 saturated carbocycles. The molecule has 0 radical (unpaired) electrons. The van der Waals surface area contributed by atoms with Crippen molar-refractivity contribution in [1.29, 1.82) is 0 Å². The van der Waals surface area contributed by atoms with Gasteiger partial charge in [0.1, 0.15) is 24.1 Å². The van der Waals surface area contributed by atoms with Crippen LogP contribution in [0.3, 0.4) is 0 Å². The van der Waals surface area contributed by atoms with E-state index in [9.17, 15) is 0 Å². The monoisotopic (exact) mass is 702 g/mol. The van der Waals surface area contributed by atoms with Crippen LogP contribution in [0.25, 0.3) is 39.4 Å². The van der Waals surface area contributed by atoms with Gasteiger partial charge < -0.3 is 27.9 Å². The van der Waals surface area contributed by atoms with Gasteiger partial charge in [0.2, 0.25) is 0 Å². The van der Waals surface area contributed by atoms with Gasteiger partial charge in [0.05, 0.1) is 93.7 Å². The molecule has 3 aromatic carbocycles. The van der Waals surface area contributed by atoms with Gasteiger partial charge in [0.25, 0.3) is 0 Å². The van der Waals surface area contributed by atoms with Crippen molar-refractivity contribution in [2.75, 3.05) is 108 Å². The molecular formula is C41H58N4O4S+2. The first kappa shape index (κ1) is 38.2. The molecule has 270 valence electrons. The fraction of sp³-hybridized carbons (Fsp3) is 0.512. The zero-order valence-corrected chi connectivity index (χ0v) is 32.4. The van der Waals surface area contributed by atoms with Crippen LogP contribution < -0.4 is 0 Å². The maximum Gasteiger partial charge on any atom is 0.112 e. The van der Waals surface area contributed by atoms with Gasteiger partial charge >= 0.3 is 0 Å². The Morgan fingerprint density at radius 2 is 1.14 bits per heavy atom. The summed E-state index contributed by atoms with van der Waals surface area (Å²) in [5, 5.41) is 0. The first-order valence-electron chi connectivity index (χ1n) is 18.0. The number of benzene rings is 3. The summed E-state index contributed by atoms with van der Waals surface area (Å²) in [6.45, 7) is 11.1. The lowest BCUT2D eigenvalue weighted by Crippen LogP contribution is -2.37. The van der Waals surface area contributed by atoms with Crippen LogP contribution in [-0.4, -0.2) is 126 Å². The second-order valence-corrected chi connectivity index (χ2v) is 16.0. The predicted octanol–water partition coefficient (Wildman–Crippen LogP) is 7.23. The number of rotatable bonds is 20. The SMILES string of the molecule is C/C=C/c1ccc2c(c1)C(CCOCCOCC[N+](C)(C)C)(CCOCCOCC[N+](C)(C)C)c1cc(-c3ccc(C)c4nsnc34)ccc1-2. The van der Waals surface area contributed by atoms with Crippen molar-refractivity contribution in [3.8, 4) is 22.3 Å². The third-order valence-electron chi connectivity index (χ3n) is 9.58. The molecule has 0 aliphatic heterocycles. The van der Waals surface area contributed by atoms with Crippen molar-refractivity contribution in [3.63, 3.8) is 0 Å². The lowest BCUT2D eigenvalue weighted by Gasteiger charge is -2.33. The third kappa shape index (κ3) is 9.64. The van der Waals surface area contributed by atoms with E-state index in [0.717, 1.165) is 75.8 Å². The van der Waals surface area contributed by atoms with E-state index >= 15 is 0 Å². The molecule has 5 rings (SSSR count). The summed E-state index contributed by atoms with van der Waals surface area (Å²) in [7, 11) is 13.1. The van der Waals surface area contributed by atoms with Crippen LogP contribution >= 0.6 is 11.7 Å². The van der Waals surface area contributed by atoms with E-state index in [-0.39, 0.29) is 5.41 Å². The minimum Gasteiger partial charge on any atom is -0.379 e. The fourth-order valence-electron chi connectivity index (χ4n) is 6.68. The van der Waals surface area contributed by atoms with Crippen molar-refractivity contribution in [3.05, 3.63) is 76.9 Å². The number of hydrogen-bond acceptors (Lipinski definition) is 7. The number of quaternary nitrogens is 2. The van der Waals surface area contributed by atoms with Crippen molar-refractivity contribution in [1.82, 2.24) is 8.75 Å². The molecule has 0 spiro atoms. The van der Waals surface area contributed by atoms with Crippen molar-refractivity contribution < 1.29 is 27.9 Å². The summed E-state index contributed by atoms with van der Waals surface area (Å²) >= 11 is 1.28. The van der Waals surface area contributed by atoms with Gasteiger partial charge in [-0.25, -0.2) is 0 Å². The van der Waals surface area contributed by atoms with E-state index in [0.29, 0.717) is 39.6 Å².